The second kappa shape index (κ2) is 14.8. The third-order valence-corrected chi connectivity index (χ3v) is 12.1. The Balaban J connectivity index is 1.02. The maximum atomic E-state index is 6.47. The van der Waals surface area contributed by atoms with Crippen molar-refractivity contribution in [2.24, 2.45) is 0 Å². The van der Waals surface area contributed by atoms with Gasteiger partial charge in [0.05, 0.1) is 5.52 Å². The Morgan fingerprint density at radius 1 is 0.387 bits per heavy atom. The second-order valence-electron chi connectivity index (χ2n) is 15.9. The van der Waals surface area contributed by atoms with Crippen LogP contribution in [0.3, 0.4) is 0 Å². The van der Waals surface area contributed by atoms with Gasteiger partial charge >= 0.3 is 0 Å². The van der Waals surface area contributed by atoms with Crippen molar-refractivity contribution in [2.75, 3.05) is 0 Å². The first-order valence-corrected chi connectivity index (χ1v) is 21.1. The Hall–Kier alpha value is -8.15. The van der Waals surface area contributed by atoms with Crippen LogP contribution in [0.1, 0.15) is 17.7 Å². The van der Waals surface area contributed by atoms with Crippen LogP contribution in [0.2, 0.25) is 0 Å². The summed E-state index contributed by atoms with van der Waals surface area (Å²) in [5.74, 6) is 1.88. The number of aromatic nitrogens is 4. The molecule has 0 spiro atoms. The fourth-order valence-electron chi connectivity index (χ4n) is 9.07. The van der Waals surface area contributed by atoms with Gasteiger partial charge in [0, 0.05) is 55.9 Å². The lowest BCUT2D eigenvalue weighted by Crippen LogP contribution is -2.03. The van der Waals surface area contributed by atoms with E-state index < -0.39 is 0 Å². The lowest BCUT2D eigenvalue weighted by Gasteiger charge is -2.17. The number of rotatable bonds is 7. The quantitative estimate of drug-likeness (QED) is 0.161. The van der Waals surface area contributed by atoms with Crippen molar-refractivity contribution in [1.82, 2.24) is 19.5 Å². The molecule has 0 bridgehead atoms. The highest BCUT2D eigenvalue weighted by molar-refractivity contribution is 6.11. The van der Waals surface area contributed by atoms with Gasteiger partial charge in [-0.2, -0.15) is 0 Å². The first-order valence-electron chi connectivity index (χ1n) is 21.1. The van der Waals surface area contributed by atoms with Gasteiger partial charge in [0.25, 0.3) is 0 Å². The molecule has 3 aromatic heterocycles. The van der Waals surface area contributed by atoms with Crippen molar-refractivity contribution in [2.45, 2.75) is 12.8 Å². The van der Waals surface area contributed by atoms with Gasteiger partial charge in [0.2, 0.25) is 0 Å². The molecule has 5 heteroatoms. The molecule has 5 nitrogen and oxygen atoms in total. The number of nitrogens with zero attached hydrogens (tertiary/aromatic N) is 4. The molecule has 0 unspecified atom stereocenters. The zero-order chi connectivity index (χ0) is 41.0. The van der Waals surface area contributed by atoms with Crippen LogP contribution in [0, 0.1) is 0 Å². The van der Waals surface area contributed by atoms with Crippen LogP contribution in [0.4, 0.5) is 0 Å². The van der Waals surface area contributed by atoms with Gasteiger partial charge in [0.1, 0.15) is 11.2 Å². The van der Waals surface area contributed by atoms with Crippen molar-refractivity contribution in [3.8, 4) is 73.2 Å². The molecule has 0 N–H and O–H groups in total. The number of benzene rings is 8. The summed E-state index contributed by atoms with van der Waals surface area (Å²) in [6.07, 6.45) is 6.55. The third kappa shape index (κ3) is 6.30. The molecule has 0 atom stereocenters. The molecule has 3 heterocycles. The predicted molar refractivity (Wildman–Crippen MR) is 254 cm³/mol. The van der Waals surface area contributed by atoms with E-state index in [0.29, 0.717) is 17.5 Å². The van der Waals surface area contributed by atoms with Crippen LogP contribution in [0.5, 0.6) is 0 Å². The number of fused-ring (bicyclic) bond motifs is 6. The first-order chi connectivity index (χ1) is 30.7. The van der Waals surface area contributed by atoms with Crippen molar-refractivity contribution >= 4 is 38.9 Å². The summed E-state index contributed by atoms with van der Waals surface area (Å²) in [4.78, 5) is 15.3. The summed E-state index contributed by atoms with van der Waals surface area (Å²) in [5, 5.41) is 3.52. The zero-order valence-electron chi connectivity index (χ0n) is 33.7. The average Bonchev–Trinajstić information content (AvgIpc) is 3.88. The van der Waals surface area contributed by atoms with Crippen molar-refractivity contribution in [3.63, 3.8) is 0 Å². The minimum atomic E-state index is 0.620. The minimum absolute atomic E-state index is 0.620. The molecule has 0 aliphatic heterocycles. The van der Waals surface area contributed by atoms with Crippen LogP contribution < -0.4 is 0 Å². The average molecular weight is 795 g/mol. The van der Waals surface area contributed by atoms with E-state index in [2.05, 4.69) is 168 Å². The molecule has 0 saturated heterocycles. The smallest absolute Gasteiger partial charge is 0.164 e. The Bertz CT molecular complexity index is 3490. The zero-order valence-corrected chi connectivity index (χ0v) is 33.7. The Kier molecular flexibility index (Phi) is 8.56. The van der Waals surface area contributed by atoms with Gasteiger partial charge in [-0.25, -0.2) is 15.0 Å². The number of hydrogen-bond acceptors (Lipinski definition) is 4. The van der Waals surface area contributed by atoms with Crippen molar-refractivity contribution in [1.29, 1.82) is 0 Å². The molecule has 8 aromatic carbocycles. The number of hydrogen-bond donors (Lipinski definition) is 0. The molecule has 0 saturated carbocycles. The Morgan fingerprint density at radius 3 is 1.65 bits per heavy atom. The number of allylic oxidation sites excluding steroid dienone is 1. The van der Waals surface area contributed by atoms with Crippen LogP contribution in [0.25, 0.3) is 112 Å². The van der Waals surface area contributed by atoms with E-state index >= 15 is 0 Å². The summed E-state index contributed by atoms with van der Waals surface area (Å²) >= 11 is 0. The monoisotopic (exact) mass is 794 g/mol. The van der Waals surface area contributed by atoms with Crippen molar-refractivity contribution in [3.05, 3.63) is 211 Å². The molecule has 1 aliphatic rings. The SMILES string of the molecule is C1=Cc2c(n(-c3cc(-c4ccccc4)cc(-c4cccc(-c5nc(-c6ccccc6)nc(-c6ccc(-c7ccccc7)cc6)n5)c4)c3)c3cc4oc5ccccc5c4cc23)CC1. The van der Waals surface area contributed by atoms with Crippen molar-refractivity contribution < 1.29 is 4.42 Å². The molecule has 292 valence electrons. The standard InChI is InChI=1S/C57H38N4O/c1-4-15-37(16-5-1)39-27-29-41(30-28-39)56-58-55(40-19-8-3-9-20-40)59-57(60-56)43-22-14-21-42(31-43)45-32-44(38-17-6-2-7-18-38)33-46(34-45)61-51-25-12-10-23-47(51)49-35-50-48-24-11-13-26-53(48)62-54(50)36-52(49)61/h1-11,13-24,26-36H,12,25H2. The summed E-state index contributed by atoms with van der Waals surface area (Å²) in [5.41, 5.74) is 16.2. The highest BCUT2D eigenvalue weighted by atomic mass is 16.3. The molecular weight excluding hydrogens is 757 g/mol. The summed E-state index contributed by atoms with van der Waals surface area (Å²) < 4.78 is 8.94. The van der Waals surface area contributed by atoms with Gasteiger partial charge in [-0.1, -0.05) is 164 Å². The van der Waals surface area contributed by atoms with Crippen LogP contribution in [-0.4, -0.2) is 19.5 Å². The van der Waals surface area contributed by atoms with E-state index in [9.17, 15) is 0 Å². The Labute approximate surface area is 359 Å². The van der Waals surface area contributed by atoms with Gasteiger partial charge in [-0.05, 0) is 82.6 Å². The highest BCUT2D eigenvalue weighted by Gasteiger charge is 2.22. The topological polar surface area (TPSA) is 56.7 Å². The van der Waals surface area contributed by atoms with E-state index in [4.69, 9.17) is 19.4 Å². The van der Waals surface area contributed by atoms with Crippen LogP contribution in [0.15, 0.2) is 205 Å². The van der Waals surface area contributed by atoms with E-state index in [1.54, 1.807) is 0 Å². The first kappa shape index (κ1) is 35.8. The maximum Gasteiger partial charge on any atom is 0.164 e. The number of para-hydroxylation sites is 1. The molecule has 11 aromatic rings. The highest BCUT2D eigenvalue weighted by Crippen LogP contribution is 2.41. The fraction of sp³-hybridized carbons (Fsp3) is 0.0351. The van der Waals surface area contributed by atoms with Gasteiger partial charge < -0.3 is 8.98 Å². The molecule has 0 radical (unpaired) electrons. The van der Waals surface area contributed by atoms with Gasteiger partial charge in [-0.15, -0.1) is 0 Å². The van der Waals surface area contributed by atoms with Gasteiger partial charge in [-0.3, -0.25) is 0 Å². The fourth-order valence-corrected chi connectivity index (χ4v) is 9.07. The molecular formula is C57H38N4O. The van der Waals surface area contributed by atoms with Crippen LogP contribution >= 0.6 is 0 Å². The normalized spacial score (nSPS) is 12.3. The molecule has 12 rings (SSSR count). The largest absolute Gasteiger partial charge is 0.456 e. The minimum Gasteiger partial charge on any atom is -0.456 e. The molecule has 62 heavy (non-hydrogen) atoms. The van der Waals surface area contributed by atoms with E-state index in [0.717, 1.165) is 90.5 Å². The Morgan fingerprint density at radius 2 is 0.919 bits per heavy atom. The van der Waals surface area contributed by atoms with E-state index in [1.165, 1.54) is 22.2 Å². The maximum absolute atomic E-state index is 6.47. The summed E-state index contributed by atoms with van der Waals surface area (Å²) in [6, 6.07) is 68.1. The van der Waals surface area contributed by atoms with Crippen LogP contribution in [-0.2, 0) is 6.42 Å². The molecule has 1 aliphatic carbocycles. The second-order valence-corrected chi connectivity index (χ2v) is 15.9. The summed E-state index contributed by atoms with van der Waals surface area (Å²) in [6.45, 7) is 0. The number of furan rings is 1. The molecule has 0 fully saturated rings. The van der Waals surface area contributed by atoms with E-state index in [-0.39, 0.29) is 0 Å². The lowest BCUT2D eigenvalue weighted by atomic mass is 9.96. The molecule has 0 amide bonds. The lowest BCUT2D eigenvalue weighted by molar-refractivity contribution is 0.669. The van der Waals surface area contributed by atoms with E-state index in [1.807, 2.05) is 42.5 Å². The van der Waals surface area contributed by atoms with Gasteiger partial charge in [0.15, 0.2) is 17.5 Å². The summed E-state index contributed by atoms with van der Waals surface area (Å²) in [7, 11) is 0. The third-order valence-electron chi connectivity index (χ3n) is 12.1. The predicted octanol–water partition coefficient (Wildman–Crippen LogP) is 14.7.